The van der Waals surface area contributed by atoms with Crippen molar-refractivity contribution >= 4 is 0 Å². The molecule has 4 heteroatoms. The van der Waals surface area contributed by atoms with E-state index in [0.29, 0.717) is 0 Å². The summed E-state index contributed by atoms with van der Waals surface area (Å²) in [6.45, 7) is 8.07. The van der Waals surface area contributed by atoms with Crippen molar-refractivity contribution < 1.29 is 5.11 Å². The number of aryl methyl sites for hydroxylation is 1. The predicted molar refractivity (Wildman–Crippen MR) is 65.4 cm³/mol. The van der Waals surface area contributed by atoms with Crippen LogP contribution in [0.1, 0.15) is 33.0 Å². The Labute approximate surface area is 97.7 Å². The summed E-state index contributed by atoms with van der Waals surface area (Å²) in [6.07, 6.45) is 5.78. The van der Waals surface area contributed by atoms with Crippen molar-refractivity contribution in [3.05, 3.63) is 18.2 Å². The molecule has 0 saturated carbocycles. The molecular formula is C12H23N3O. The molecule has 0 fully saturated rings. The third-order valence-electron chi connectivity index (χ3n) is 2.79. The fourth-order valence-corrected chi connectivity index (χ4v) is 1.76. The quantitative estimate of drug-likeness (QED) is 0.733. The molecule has 0 saturated heterocycles. The molecule has 0 aliphatic rings. The lowest BCUT2D eigenvalue weighted by atomic mass is 10.0. The van der Waals surface area contributed by atoms with Crippen molar-refractivity contribution in [1.29, 1.82) is 0 Å². The highest BCUT2D eigenvalue weighted by atomic mass is 16.3. The smallest absolute Gasteiger partial charge is 0.108 e. The molecule has 1 aromatic rings. The van der Waals surface area contributed by atoms with Gasteiger partial charge in [-0.2, -0.15) is 0 Å². The Kier molecular flexibility index (Phi) is 4.96. The normalized spacial score (nSPS) is 15.0. The molecule has 1 unspecified atom stereocenters. The Hall–Kier alpha value is -0.870. The van der Waals surface area contributed by atoms with Gasteiger partial charge in [-0.1, -0.05) is 13.8 Å². The van der Waals surface area contributed by atoms with E-state index in [0.717, 1.165) is 31.8 Å². The van der Waals surface area contributed by atoms with E-state index in [1.54, 1.807) is 0 Å². The third-order valence-corrected chi connectivity index (χ3v) is 2.79. The van der Waals surface area contributed by atoms with Crippen LogP contribution in [0.5, 0.6) is 0 Å². The number of hydrogen-bond donors (Lipinski definition) is 2. The van der Waals surface area contributed by atoms with Crippen molar-refractivity contribution in [3.63, 3.8) is 0 Å². The monoisotopic (exact) mass is 225 g/mol. The molecule has 16 heavy (non-hydrogen) atoms. The van der Waals surface area contributed by atoms with Crippen molar-refractivity contribution in [3.8, 4) is 0 Å². The molecule has 1 aromatic heterocycles. The zero-order valence-electron chi connectivity index (χ0n) is 10.5. The van der Waals surface area contributed by atoms with Crippen LogP contribution in [0.15, 0.2) is 12.4 Å². The maximum atomic E-state index is 9.48. The summed E-state index contributed by atoms with van der Waals surface area (Å²) < 4.78 is 2.11. The lowest BCUT2D eigenvalue weighted by molar-refractivity contribution is 0.156. The Bertz CT molecular complexity index is 311. The zero-order chi connectivity index (χ0) is 12.0. The van der Waals surface area contributed by atoms with Gasteiger partial charge in [-0.05, 0) is 19.9 Å². The third kappa shape index (κ3) is 3.32. The van der Waals surface area contributed by atoms with Crippen LogP contribution in [0.2, 0.25) is 0 Å². The Morgan fingerprint density at radius 2 is 2.25 bits per heavy atom. The van der Waals surface area contributed by atoms with Crippen molar-refractivity contribution in [2.45, 2.75) is 45.7 Å². The molecular weight excluding hydrogens is 202 g/mol. The first-order chi connectivity index (χ1) is 7.65. The molecule has 0 aliphatic heterocycles. The van der Waals surface area contributed by atoms with Gasteiger partial charge in [0.1, 0.15) is 5.82 Å². The topological polar surface area (TPSA) is 50.1 Å². The van der Waals surface area contributed by atoms with Gasteiger partial charge in [0.05, 0.1) is 12.1 Å². The first-order valence-corrected chi connectivity index (χ1v) is 6.01. The van der Waals surface area contributed by atoms with Gasteiger partial charge < -0.3 is 15.0 Å². The fraction of sp³-hybridized carbons (Fsp3) is 0.750. The zero-order valence-corrected chi connectivity index (χ0v) is 10.5. The summed E-state index contributed by atoms with van der Waals surface area (Å²) in [5.74, 6) is 1.07. The van der Waals surface area contributed by atoms with Crippen LogP contribution in [0, 0.1) is 0 Å². The van der Waals surface area contributed by atoms with Crippen LogP contribution < -0.4 is 5.32 Å². The second-order valence-electron chi connectivity index (χ2n) is 4.47. The van der Waals surface area contributed by atoms with E-state index < -0.39 is 0 Å². The maximum Gasteiger partial charge on any atom is 0.108 e. The fourth-order valence-electron chi connectivity index (χ4n) is 1.76. The molecule has 1 rings (SSSR count). The van der Waals surface area contributed by atoms with Gasteiger partial charge in [0, 0.05) is 25.4 Å². The second kappa shape index (κ2) is 6.01. The van der Waals surface area contributed by atoms with Gasteiger partial charge >= 0.3 is 0 Å². The lowest BCUT2D eigenvalue weighted by Gasteiger charge is -2.29. The van der Waals surface area contributed by atoms with Crippen LogP contribution in [0.25, 0.3) is 0 Å². The van der Waals surface area contributed by atoms with Crippen LogP contribution in [-0.2, 0) is 13.0 Å². The van der Waals surface area contributed by atoms with Crippen LogP contribution in [0.4, 0.5) is 0 Å². The molecule has 0 spiro atoms. The van der Waals surface area contributed by atoms with E-state index in [1.165, 1.54) is 0 Å². The molecule has 0 radical (unpaired) electrons. The predicted octanol–water partition coefficient (Wildman–Crippen LogP) is 1.20. The number of imidazole rings is 1. The van der Waals surface area contributed by atoms with Gasteiger partial charge in [-0.25, -0.2) is 4.98 Å². The molecule has 1 heterocycles. The summed E-state index contributed by atoms with van der Waals surface area (Å²) in [6, 6.07) is 0. The largest absolute Gasteiger partial charge is 0.394 e. The van der Waals surface area contributed by atoms with Crippen molar-refractivity contribution in [2.75, 3.05) is 13.2 Å². The van der Waals surface area contributed by atoms with Gasteiger partial charge in [0.2, 0.25) is 0 Å². The number of nitrogens with one attached hydrogen (secondary N) is 1. The van der Waals surface area contributed by atoms with Gasteiger partial charge in [-0.15, -0.1) is 0 Å². The minimum atomic E-state index is -0.263. The summed E-state index contributed by atoms with van der Waals surface area (Å²) >= 11 is 0. The summed E-state index contributed by atoms with van der Waals surface area (Å²) in [5.41, 5.74) is -0.263. The Morgan fingerprint density at radius 3 is 2.81 bits per heavy atom. The Morgan fingerprint density at radius 1 is 1.50 bits per heavy atom. The van der Waals surface area contributed by atoms with E-state index in [9.17, 15) is 5.11 Å². The number of nitrogens with zero attached hydrogens (tertiary/aromatic N) is 2. The molecule has 0 bridgehead atoms. The van der Waals surface area contributed by atoms with Gasteiger partial charge in [-0.3, -0.25) is 0 Å². The van der Waals surface area contributed by atoms with Gasteiger partial charge in [0.25, 0.3) is 0 Å². The lowest BCUT2D eigenvalue weighted by Crippen LogP contribution is -2.49. The average Bonchev–Trinajstić information content (AvgIpc) is 2.73. The second-order valence-corrected chi connectivity index (χ2v) is 4.47. The molecule has 1 atom stereocenters. The number of aliphatic hydroxyl groups is 1. The minimum Gasteiger partial charge on any atom is -0.394 e. The number of aromatic nitrogens is 2. The van der Waals surface area contributed by atoms with E-state index in [4.69, 9.17) is 0 Å². The van der Waals surface area contributed by atoms with Crippen LogP contribution in [-0.4, -0.2) is 33.3 Å². The van der Waals surface area contributed by atoms with Gasteiger partial charge in [0.15, 0.2) is 0 Å². The molecule has 0 aromatic carbocycles. The molecule has 0 amide bonds. The number of hydrogen-bond acceptors (Lipinski definition) is 3. The summed E-state index contributed by atoms with van der Waals surface area (Å²) in [7, 11) is 0. The van der Waals surface area contributed by atoms with Crippen LogP contribution >= 0.6 is 0 Å². The highest BCUT2D eigenvalue weighted by molar-refractivity contribution is 4.95. The first kappa shape index (κ1) is 13.2. The summed E-state index contributed by atoms with van der Waals surface area (Å²) in [5, 5.41) is 12.9. The number of rotatable bonds is 7. The Balaban J connectivity index is 2.68. The SMILES string of the molecule is CCCNC(C)(CO)Cn1ccnc1CC. The van der Waals surface area contributed by atoms with E-state index in [1.807, 2.05) is 19.3 Å². The average molecular weight is 225 g/mol. The van der Waals surface area contributed by atoms with E-state index in [-0.39, 0.29) is 12.1 Å². The highest BCUT2D eigenvalue weighted by Gasteiger charge is 2.23. The van der Waals surface area contributed by atoms with E-state index in [2.05, 4.69) is 28.7 Å². The molecule has 4 nitrogen and oxygen atoms in total. The van der Waals surface area contributed by atoms with E-state index >= 15 is 0 Å². The molecule has 0 aliphatic carbocycles. The highest BCUT2D eigenvalue weighted by Crippen LogP contribution is 2.09. The first-order valence-electron chi connectivity index (χ1n) is 6.01. The van der Waals surface area contributed by atoms with Crippen molar-refractivity contribution in [1.82, 2.24) is 14.9 Å². The standard InChI is InChI=1S/C12H23N3O/c1-4-6-14-12(3,10-16)9-15-8-7-13-11(15)5-2/h7-8,14,16H,4-6,9-10H2,1-3H3. The number of aliphatic hydroxyl groups excluding tert-OH is 1. The minimum absolute atomic E-state index is 0.133. The molecule has 92 valence electrons. The maximum absolute atomic E-state index is 9.48. The molecule has 2 N–H and O–H groups in total. The van der Waals surface area contributed by atoms with Crippen molar-refractivity contribution in [2.24, 2.45) is 0 Å². The summed E-state index contributed by atoms with van der Waals surface area (Å²) in [4.78, 5) is 4.29. The van der Waals surface area contributed by atoms with Crippen LogP contribution in [0.3, 0.4) is 0 Å².